The van der Waals surface area contributed by atoms with Crippen LogP contribution in [0.5, 0.6) is 0 Å². The summed E-state index contributed by atoms with van der Waals surface area (Å²) in [5.74, 6) is -0.00551. The van der Waals surface area contributed by atoms with Crippen LogP contribution in [0.3, 0.4) is 0 Å². The Balaban J connectivity index is 1.95. The quantitative estimate of drug-likeness (QED) is 0.868. The second-order valence-electron chi connectivity index (χ2n) is 5.32. The van der Waals surface area contributed by atoms with Crippen molar-refractivity contribution in [3.05, 3.63) is 29.3 Å². The van der Waals surface area contributed by atoms with Crippen LogP contribution >= 0.6 is 0 Å². The maximum Gasteiger partial charge on any atom is 0.238 e. The molecule has 2 N–H and O–H groups in total. The number of aliphatic hydroxyl groups is 1. The molecular formula is C15H22N2O2. The van der Waals surface area contributed by atoms with Crippen molar-refractivity contribution in [2.75, 3.05) is 25.0 Å². The van der Waals surface area contributed by atoms with Crippen molar-refractivity contribution >= 4 is 11.6 Å². The van der Waals surface area contributed by atoms with Gasteiger partial charge in [-0.3, -0.25) is 9.69 Å². The minimum Gasteiger partial charge on any atom is -0.395 e. The van der Waals surface area contributed by atoms with E-state index in [2.05, 4.69) is 10.2 Å². The van der Waals surface area contributed by atoms with E-state index in [1.54, 1.807) is 0 Å². The number of hydrogen-bond donors (Lipinski definition) is 2. The predicted molar refractivity (Wildman–Crippen MR) is 76.2 cm³/mol. The Hall–Kier alpha value is -1.39. The van der Waals surface area contributed by atoms with E-state index in [1.807, 2.05) is 32.0 Å². The van der Waals surface area contributed by atoms with Crippen molar-refractivity contribution < 1.29 is 9.90 Å². The number of carbonyl (C=O) groups excluding carboxylic acids is 1. The first-order chi connectivity index (χ1) is 9.10. The fourth-order valence-electron chi connectivity index (χ4n) is 2.55. The molecule has 19 heavy (non-hydrogen) atoms. The Morgan fingerprint density at radius 3 is 3.00 bits per heavy atom. The van der Waals surface area contributed by atoms with E-state index in [0.29, 0.717) is 6.54 Å². The first-order valence-corrected chi connectivity index (χ1v) is 6.82. The van der Waals surface area contributed by atoms with Crippen molar-refractivity contribution in [3.8, 4) is 0 Å². The third-order valence-electron chi connectivity index (χ3n) is 3.72. The molecule has 1 aromatic rings. The number of nitrogens with one attached hydrogen (secondary N) is 1. The molecule has 4 heteroatoms. The van der Waals surface area contributed by atoms with Gasteiger partial charge in [-0.1, -0.05) is 12.1 Å². The Bertz CT molecular complexity index is 459. The van der Waals surface area contributed by atoms with Gasteiger partial charge in [0.15, 0.2) is 0 Å². The highest BCUT2D eigenvalue weighted by atomic mass is 16.3. The maximum absolute atomic E-state index is 12.1. The molecule has 1 amide bonds. The summed E-state index contributed by atoms with van der Waals surface area (Å²) in [4.78, 5) is 14.1. The second kappa shape index (κ2) is 6.17. The molecule has 1 fully saturated rings. The lowest BCUT2D eigenvalue weighted by atomic mass is 10.1. The van der Waals surface area contributed by atoms with Crippen molar-refractivity contribution in [3.63, 3.8) is 0 Å². The van der Waals surface area contributed by atoms with Crippen molar-refractivity contribution in [1.82, 2.24) is 4.90 Å². The zero-order valence-electron chi connectivity index (χ0n) is 11.6. The number of rotatable bonds is 4. The molecule has 0 saturated carbocycles. The first kappa shape index (κ1) is 14.0. The molecule has 0 aromatic heterocycles. The zero-order valence-corrected chi connectivity index (χ0v) is 11.6. The first-order valence-electron chi connectivity index (χ1n) is 6.82. The van der Waals surface area contributed by atoms with Gasteiger partial charge < -0.3 is 10.4 Å². The summed E-state index contributed by atoms with van der Waals surface area (Å²) in [6.07, 6.45) is 2.04. The molecule has 4 nitrogen and oxygen atoms in total. The SMILES string of the molecule is Cc1ccc(C)c(NC(=O)CN2CCCC2CO)c1. The fourth-order valence-corrected chi connectivity index (χ4v) is 2.55. The number of benzene rings is 1. The van der Waals surface area contributed by atoms with Crippen molar-refractivity contribution in [2.45, 2.75) is 32.7 Å². The molecule has 0 spiro atoms. The number of likely N-dealkylation sites (tertiary alicyclic amines) is 1. The number of aliphatic hydroxyl groups excluding tert-OH is 1. The standard InChI is InChI=1S/C15H22N2O2/c1-11-5-6-12(2)14(8-11)16-15(19)9-17-7-3-4-13(17)10-18/h5-6,8,13,18H,3-4,7,9-10H2,1-2H3,(H,16,19). The van der Waals surface area contributed by atoms with E-state index < -0.39 is 0 Å². The van der Waals surface area contributed by atoms with E-state index in [1.165, 1.54) is 0 Å². The number of carbonyl (C=O) groups is 1. The second-order valence-corrected chi connectivity index (χ2v) is 5.32. The molecular weight excluding hydrogens is 240 g/mol. The van der Waals surface area contributed by atoms with Crippen LogP contribution in [-0.4, -0.2) is 41.7 Å². The lowest BCUT2D eigenvalue weighted by Crippen LogP contribution is -2.38. The minimum absolute atomic E-state index is 0.00551. The molecule has 1 aliphatic heterocycles. The summed E-state index contributed by atoms with van der Waals surface area (Å²) in [6, 6.07) is 6.18. The van der Waals surface area contributed by atoms with Gasteiger partial charge in [0.25, 0.3) is 0 Å². The van der Waals surface area contributed by atoms with Crippen LogP contribution in [-0.2, 0) is 4.79 Å². The smallest absolute Gasteiger partial charge is 0.238 e. The van der Waals surface area contributed by atoms with Gasteiger partial charge in [-0.05, 0) is 50.4 Å². The van der Waals surface area contributed by atoms with Crippen LogP contribution in [0.15, 0.2) is 18.2 Å². The highest BCUT2D eigenvalue weighted by molar-refractivity contribution is 5.93. The molecule has 0 bridgehead atoms. The van der Waals surface area contributed by atoms with E-state index >= 15 is 0 Å². The normalized spacial score (nSPS) is 19.6. The van der Waals surface area contributed by atoms with E-state index in [9.17, 15) is 9.90 Å². The van der Waals surface area contributed by atoms with Crippen molar-refractivity contribution in [1.29, 1.82) is 0 Å². The van der Waals surface area contributed by atoms with Crippen LogP contribution in [0, 0.1) is 13.8 Å². The summed E-state index contributed by atoms with van der Waals surface area (Å²) >= 11 is 0. The lowest BCUT2D eigenvalue weighted by Gasteiger charge is -2.22. The Labute approximate surface area is 114 Å². The molecule has 0 aliphatic carbocycles. The maximum atomic E-state index is 12.1. The number of aryl methyl sites for hydroxylation is 2. The third kappa shape index (κ3) is 3.55. The van der Waals surface area contributed by atoms with E-state index in [4.69, 9.17) is 0 Å². The highest BCUT2D eigenvalue weighted by Crippen LogP contribution is 2.18. The van der Waals surface area contributed by atoms with Gasteiger partial charge in [-0.2, -0.15) is 0 Å². The molecule has 1 aliphatic rings. The number of amides is 1. The minimum atomic E-state index is -0.00551. The third-order valence-corrected chi connectivity index (χ3v) is 3.72. The van der Waals surface area contributed by atoms with Gasteiger partial charge in [0, 0.05) is 11.7 Å². The van der Waals surface area contributed by atoms with Gasteiger partial charge in [0.05, 0.1) is 13.2 Å². The van der Waals surface area contributed by atoms with Gasteiger partial charge in [0.1, 0.15) is 0 Å². The molecule has 104 valence electrons. The summed E-state index contributed by atoms with van der Waals surface area (Å²) in [5.41, 5.74) is 3.08. The topological polar surface area (TPSA) is 52.6 Å². The molecule has 1 atom stereocenters. The zero-order chi connectivity index (χ0) is 13.8. The fraction of sp³-hybridized carbons (Fsp3) is 0.533. The van der Waals surface area contributed by atoms with Gasteiger partial charge >= 0.3 is 0 Å². The van der Waals surface area contributed by atoms with Crippen molar-refractivity contribution in [2.24, 2.45) is 0 Å². The number of nitrogens with zero attached hydrogens (tertiary/aromatic N) is 1. The Morgan fingerprint density at radius 1 is 1.47 bits per heavy atom. The van der Waals surface area contributed by atoms with E-state index in [-0.39, 0.29) is 18.6 Å². The monoisotopic (exact) mass is 262 g/mol. The van der Waals surface area contributed by atoms with Crippen LogP contribution < -0.4 is 5.32 Å². The average Bonchev–Trinajstić information content (AvgIpc) is 2.81. The molecule has 0 radical (unpaired) electrons. The van der Waals surface area contributed by atoms with Gasteiger partial charge in [-0.25, -0.2) is 0 Å². The van der Waals surface area contributed by atoms with Crippen LogP contribution in [0.4, 0.5) is 5.69 Å². The average molecular weight is 262 g/mol. The largest absolute Gasteiger partial charge is 0.395 e. The number of anilines is 1. The van der Waals surface area contributed by atoms with Crippen LogP contribution in [0.2, 0.25) is 0 Å². The molecule has 2 rings (SSSR count). The van der Waals surface area contributed by atoms with Gasteiger partial charge in [-0.15, -0.1) is 0 Å². The molecule has 1 heterocycles. The summed E-state index contributed by atoms with van der Waals surface area (Å²) in [6.45, 7) is 5.39. The summed E-state index contributed by atoms with van der Waals surface area (Å²) < 4.78 is 0. The Kier molecular flexibility index (Phi) is 4.56. The van der Waals surface area contributed by atoms with E-state index in [0.717, 1.165) is 36.2 Å². The summed E-state index contributed by atoms with van der Waals surface area (Å²) in [5, 5.41) is 12.2. The Morgan fingerprint density at radius 2 is 2.26 bits per heavy atom. The van der Waals surface area contributed by atoms with Crippen LogP contribution in [0.1, 0.15) is 24.0 Å². The van der Waals surface area contributed by atoms with Gasteiger partial charge in [0.2, 0.25) is 5.91 Å². The molecule has 1 aromatic carbocycles. The molecule has 1 saturated heterocycles. The summed E-state index contributed by atoms with van der Waals surface area (Å²) in [7, 11) is 0. The number of hydrogen-bond acceptors (Lipinski definition) is 3. The highest BCUT2D eigenvalue weighted by Gasteiger charge is 2.25. The van der Waals surface area contributed by atoms with Crippen LogP contribution in [0.25, 0.3) is 0 Å². The molecule has 1 unspecified atom stereocenters. The lowest BCUT2D eigenvalue weighted by molar-refractivity contribution is -0.117. The predicted octanol–water partition coefficient (Wildman–Crippen LogP) is 1.70.